The van der Waals surface area contributed by atoms with Crippen molar-refractivity contribution in [2.75, 3.05) is 6.54 Å². The van der Waals surface area contributed by atoms with Crippen LogP contribution in [0.25, 0.3) is 0 Å². The van der Waals surface area contributed by atoms with Gasteiger partial charge in [-0.1, -0.05) is 38.8 Å². The van der Waals surface area contributed by atoms with Crippen LogP contribution in [-0.2, 0) is 0 Å². The van der Waals surface area contributed by atoms with E-state index >= 15 is 0 Å². The van der Waals surface area contributed by atoms with Gasteiger partial charge < -0.3 is 4.90 Å². The second-order valence-corrected chi connectivity index (χ2v) is 6.56. The van der Waals surface area contributed by atoms with E-state index in [1.54, 1.807) is 25.1 Å². The summed E-state index contributed by atoms with van der Waals surface area (Å²) in [5, 5.41) is 0. The summed E-state index contributed by atoms with van der Waals surface area (Å²) < 4.78 is 14.3. The molecule has 0 spiro atoms. The number of halogens is 1. The standard InChI is InChI=1S/C18H26FNO/c1-13(2)11-12-20(15-8-4-5-9-15)18(21)16-10-6-7-14(3)17(16)19/h6-7,10,13,15H,4-5,8-9,11-12H2,1-3H3. The number of benzene rings is 1. The van der Waals surface area contributed by atoms with Gasteiger partial charge in [-0.25, -0.2) is 4.39 Å². The first kappa shape index (κ1) is 16.0. The number of hydrogen-bond acceptors (Lipinski definition) is 1. The molecule has 2 rings (SSSR count). The number of amides is 1. The maximum absolute atomic E-state index is 14.3. The van der Waals surface area contributed by atoms with Gasteiger partial charge in [-0.05, 0) is 43.7 Å². The highest BCUT2D eigenvalue weighted by atomic mass is 19.1. The van der Waals surface area contributed by atoms with Crippen LogP contribution in [0.15, 0.2) is 18.2 Å². The van der Waals surface area contributed by atoms with Crippen molar-refractivity contribution in [3.8, 4) is 0 Å². The van der Waals surface area contributed by atoms with Gasteiger partial charge in [0.2, 0.25) is 0 Å². The third kappa shape index (κ3) is 3.84. The molecule has 0 saturated heterocycles. The third-order valence-corrected chi connectivity index (χ3v) is 4.40. The highest BCUT2D eigenvalue weighted by Gasteiger charge is 2.28. The molecule has 0 aliphatic heterocycles. The van der Waals surface area contributed by atoms with E-state index < -0.39 is 0 Å². The summed E-state index contributed by atoms with van der Waals surface area (Å²) >= 11 is 0. The third-order valence-electron chi connectivity index (χ3n) is 4.40. The molecule has 1 amide bonds. The Morgan fingerprint density at radius 3 is 2.62 bits per heavy atom. The van der Waals surface area contributed by atoms with E-state index in [2.05, 4.69) is 13.8 Å². The summed E-state index contributed by atoms with van der Waals surface area (Å²) in [6.45, 7) is 6.75. The van der Waals surface area contributed by atoms with Crippen molar-refractivity contribution in [1.29, 1.82) is 0 Å². The molecule has 1 fully saturated rings. The lowest BCUT2D eigenvalue weighted by Crippen LogP contribution is -2.40. The van der Waals surface area contributed by atoms with Crippen LogP contribution < -0.4 is 0 Å². The minimum absolute atomic E-state index is 0.135. The largest absolute Gasteiger partial charge is 0.336 e. The lowest BCUT2D eigenvalue weighted by molar-refractivity contribution is 0.0667. The van der Waals surface area contributed by atoms with Gasteiger partial charge in [-0.2, -0.15) is 0 Å². The number of carbonyl (C=O) groups excluding carboxylic acids is 1. The van der Waals surface area contributed by atoms with Gasteiger partial charge in [-0.3, -0.25) is 4.79 Å². The Labute approximate surface area is 127 Å². The Hall–Kier alpha value is -1.38. The molecule has 0 unspecified atom stereocenters. The van der Waals surface area contributed by atoms with Gasteiger partial charge >= 0.3 is 0 Å². The van der Waals surface area contributed by atoms with Crippen LogP contribution in [0.1, 0.15) is 61.9 Å². The smallest absolute Gasteiger partial charge is 0.257 e. The number of nitrogens with zero attached hydrogens (tertiary/aromatic N) is 1. The van der Waals surface area contributed by atoms with Crippen LogP contribution in [0.2, 0.25) is 0 Å². The molecule has 2 nitrogen and oxygen atoms in total. The molecule has 0 bridgehead atoms. The van der Waals surface area contributed by atoms with Crippen LogP contribution in [-0.4, -0.2) is 23.4 Å². The van der Waals surface area contributed by atoms with E-state index in [9.17, 15) is 9.18 Å². The average molecular weight is 291 g/mol. The molecular weight excluding hydrogens is 265 g/mol. The zero-order valence-corrected chi connectivity index (χ0v) is 13.4. The zero-order chi connectivity index (χ0) is 15.4. The Bertz CT molecular complexity index is 492. The average Bonchev–Trinajstić information content (AvgIpc) is 2.95. The molecule has 116 valence electrons. The van der Waals surface area contributed by atoms with Gasteiger partial charge in [0.25, 0.3) is 5.91 Å². The SMILES string of the molecule is Cc1cccc(C(=O)N(CCC(C)C)C2CCCC2)c1F. The van der Waals surface area contributed by atoms with Crippen LogP contribution in [0.3, 0.4) is 0 Å². The van der Waals surface area contributed by atoms with Crippen LogP contribution in [0, 0.1) is 18.7 Å². The molecule has 1 aromatic carbocycles. The van der Waals surface area contributed by atoms with Gasteiger partial charge in [0, 0.05) is 12.6 Å². The first-order valence-electron chi connectivity index (χ1n) is 8.06. The molecule has 1 aromatic rings. The molecule has 0 atom stereocenters. The summed E-state index contributed by atoms with van der Waals surface area (Å²) in [5.41, 5.74) is 0.765. The van der Waals surface area contributed by atoms with Gasteiger partial charge in [0.1, 0.15) is 5.82 Å². The highest BCUT2D eigenvalue weighted by molar-refractivity contribution is 5.95. The van der Waals surface area contributed by atoms with Gasteiger partial charge in [0.15, 0.2) is 0 Å². The van der Waals surface area contributed by atoms with Crippen molar-refractivity contribution in [2.45, 2.75) is 58.9 Å². The first-order chi connectivity index (χ1) is 10.0. The molecule has 1 saturated carbocycles. The fraction of sp³-hybridized carbons (Fsp3) is 0.611. The second kappa shape index (κ2) is 7.06. The zero-order valence-electron chi connectivity index (χ0n) is 13.4. The summed E-state index contributed by atoms with van der Waals surface area (Å²) in [7, 11) is 0. The maximum Gasteiger partial charge on any atom is 0.257 e. The molecule has 0 N–H and O–H groups in total. The van der Waals surface area contributed by atoms with Crippen LogP contribution >= 0.6 is 0 Å². The fourth-order valence-corrected chi connectivity index (χ4v) is 3.03. The molecule has 0 heterocycles. The van der Waals surface area contributed by atoms with E-state index in [4.69, 9.17) is 0 Å². The Kier molecular flexibility index (Phi) is 5.38. The van der Waals surface area contributed by atoms with Crippen molar-refractivity contribution in [1.82, 2.24) is 4.90 Å². The quantitative estimate of drug-likeness (QED) is 0.778. The highest BCUT2D eigenvalue weighted by Crippen LogP contribution is 2.26. The predicted molar refractivity (Wildman–Crippen MR) is 83.9 cm³/mol. The molecule has 1 aliphatic rings. The van der Waals surface area contributed by atoms with Crippen molar-refractivity contribution in [2.24, 2.45) is 5.92 Å². The second-order valence-electron chi connectivity index (χ2n) is 6.56. The summed E-state index contributed by atoms with van der Waals surface area (Å²) in [4.78, 5) is 14.7. The topological polar surface area (TPSA) is 20.3 Å². The molecule has 0 aromatic heterocycles. The normalized spacial score (nSPS) is 15.7. The Balaban J connectivity index is 2.22. The number of carbonyl (C=O) groups is 1. The maximum atomic E-state index is 14.3. The summed E-state index contributed by atoms with van der Waals surface area (Å²) in [5.74, 6) is 0.0443. The van der Waals surface area contributed by atoms with Gasteiger partial charge in [-0.15, -0.1) is 0 Å². The lowest BCUT2D eigenvalue weighted by atomic mass is 10.1. The Morgan fingerprint density at radius 1 is 1.33 bits per heavy atom. The molecule has 1 aliphatic carbocycles. The monoisotopic (exact) mass is 291 g/mol. The van der Waals surface area contributed by atoms with E-state index in [0.717, 1.165) is 25.8 Å². The van der Waals surface area contributed by atoms with E-state index in [0.29, 0.717) is 11.5 Å². The number of hydrogen-bond donors (Lipinski definition) is 0. The van der Waals surface area contributed by atoms with Crippen molar-refractivity contribution < 1.29 is 9.18 Å². The number of rotatable bonds is 5. The predicted octanol–water partition coefficient (Wildman–Crippen LogP) is 4.57. The van der Waals surface area contributed by atoms with E-state index in [1.165, 1.54) is 12.8 Å². The van der Waals surface area contributed by atoms with Crippen LogP contribution in [0.5, 0.6) is 0 Å². The molecule has 21 heavy (non-hydrogen) atoms. The van der Waals surface area contributed by atoms with Crippen molar-refractivity contribution in [3.63, 3.8) is 0 Å². The summed E-state index contributed by atoms with van der Waals surface area (Å²) in [6.07, 6.45) is 5.42. The van der Waals surface area contributed by atoms with E-state index in [1.807, 2.05) is 4.90 Å². The molecule has 0 radical (unpaired) electrons. The summed E-state index contributed by atoms with van der Waals surface area (Å²) in [6, 6.07) is 5.37. The van der Waals surface area contributed by atoms with Crippen molar-refractivity contribution in [3.05, 3.63) is 35.1 Å². The molecule has 3 heteroatoms. The number of aryl methyl sites for hydroxylation is 1. The van der Waals surface area contributed by atoms with Gasteiger partial charge in [0.05, 0.1) is 5.56 Å². The first-order valence-corrected chi connectivity index (χ1v) is 8.06. The van der Waals surface area contributed by atoms with Crippen molar-refractivity contribution >= 4 is 5.91 Å². The fourth-order valence-electron chi connectivity index (χ4n) is 3.03. The Morgan fingerprint density at radius 2 is 2.00 bits per heavy atom. The van der Waals surface area contributed by atoms with E-state index in [-0.39, 0.29) is 23.3 Å². The minimum Gasteiger partial charge on any atom is -0.336 e. The molecular formula is C18H26FNO. The minimum atomic E-state index is -0.366. The van der Waals surface area contributed by atoms with Crippen LogP contribution in [0.4, 0.5) is 4.39 Å². The lowest BCUT2D eigenvalue weighted by Gasteiger charge is -2.30.